The van der Waals surface area contributed by atoms with Crippen LogP contribution in [0.4, 0.5) is 5.69 Å². The number of aliphatic carboxylic acids is 1. The molecule has 1 aromatic heterocycles. The quantitative estimate of drug-likeness (QED) is 0.209. The van der Waals surface area contributed by atoms with E-state index in [1.807, 2.05) is 0 Å². The highest BCUT2D eigenvalue weighted by molar-refractivity contribution is 7.89. The molecule has 2 amide bonds. The molecular weight excluding hydrogens is 710 g/mol. The first-order valence-electron chi connectivity index (χ1n) is 15.1. The number of nitrogens with one attached hydrogen (secondary N) is 2. The Kier molecular flexibility index (Phi) is 11.4. The van der Waals surface area contributed by atoms with Crippen molar-refractivity contribution in [3.8, 4) is 0 Å². The summed E-state index contributed by atoms with van der Waals surface area (Å²) in [7, 11) is -4.20. The fourth-order valence-electron chi connectivity index (χ4n) is 6.49. The summed E-state index contributed by atoms with van der Waals surface area (Å²) in [5, 5.41) is 15.9. The third-order valence-corrected chi connectivity index (χ3v) is 11.6. The van der Waals surface area contributed by atoms with Gasteiger partial charge in [-0.1, -0.05) is 90.6 Å². The molecule has 1 aliphatic carbocycles. The maximum absolute atomic E-state index is 14.0. The first kappa shape index (κ1) is 35.4. The first-order valence-corrected chi connectivity index (χ1v) is 18.0. The van der Waals surface area contributed by atoms with Crippen molar-refractivity contribution in [1.29, 1.82) is 0 Å². The molecule has 5 rings (SSSR count). The van der Waals surface area contributed by atoms with Gasteiger partial charge in [-0.2, -0.15) is 4.31 Å². The first-order chi connectivity index (χ1) is 22.3. The number of benzene rings is 2. The van der Waals surface area contributed by atoms with Crippen LogP contribution in [-0.2, 0) is 26.0 Å². The second kappa shape index (κ2) is 15.1. The van der Waals surface area contributed by atoms with Crippen LogP contribution >= 0.6 is 46.4 Å². The van der Waals surface area contributed by atoms with Crippen LogP contribution in [0, 0.1) is 11.8 Å². The lowest BCUT2D eigenvalue weighted by Crippen LogP contribution is -2.54. The molecule has 1 aliphatic heterocycles. The van der Waals surface area contributed by atoms with Crippen molar-refractivity contribution in [1.82, 2.24) is 14.6 Å². The van der Waals surface area contributed by atoms with E-state index in [1.165, 1.54) is 34.9 Å². The lowest BCUT2D eigenvalue weighted by atomic mass is 9.76. The number of carbonyl (C=O) groups excluding carboxylic acids is 2. The number of amides is 2. The molecule has 1 saturated carbocycles. The van der Waals surface area contributed by atoms with Crippen LogP contribution in [0.3, 0.4) is 0 Å². The van der Waals surface area contributed by atoms with Gasteiger partial charge in [0.25, 0.3) is 5.91 Å². The molecule has 0 bridgehead atoms. The molecule has 3 atom stereocenters. The van der Waals surface area contributed by atoms with E-state index >= 15 is 0 Å². The van der Waals surface area contributed by atoms with Gasteiger partial charge >= 0.3 is 5.97 Å². The minimum Gasteiger partial charge on any atom is -0.480 e. The Morgan fingerprint density at radius 3 is 2.13 bits per heavy atom. The summed E-state index contributed by atoms with van der Waals surface area (Å²) in [6.45, 7) is 0.104. The number of sulfonamides is 1. The Balaban J connectivity index is 1.34. The van der Waals surface area contributed by atoms with E-state index in [-0.39, 0.29) is 55.4 Å². The Bertz CT molecular complexity index is 1730. The lowest BCUT2D eigenvalue weighted by molar-refractivity contribution is -0.142. The molecule has 2 aliphatic rings. The predicted octanol–water partition coefficient (Wildman–Crippen LogP) is 6.72. The van der Waals surface area contributed by atoms with E-state index < -0.39 is 39.9 Å². The maximum atomic E-state index is 14.0. The molecule has 2 aromatic carbocycles. The number of hydrogen-bond donors (Lipinski definition) is 3. The summed E-state index contributed by atoms with van der Waals surface area (Å²) < 4.78 is 29.0. The van der Waals surface area contributed by atoms with Gasteiger partial charge < -0.3 is 15.7 Å². The van der Waals surface area contributed by atoms with E-state index in [0.29, 0.717) is 17.7 Å². The van der Waals surface area contributed by atoms with Crippen molar-refractivity contribution < 1.29 is 27.9 Å². The molecule has 3 aromatic rings. The smallest absolute Gasteiger partial charge is 0.326 e. The van der Waals surface area contributed by atoms with Gasteiger partial charge in [-0.15, -0.1) is 0 Å². The van der Waals surface area contributed by atoms with Crippen molar-refractivity contribution in [2.45, 2.75) is 61.9 Å². The van der Waals surface area contributed by atoms with Gasteiger partial charge in [0.2, 0.25) is 15.9 Å². The van der Waals surface area contributed by atoms with Gasteiger partial charge in [-0.05, 0) is 54.2 Å². The summed E-state index contributed by atoms with van der Waals surface area (Å²) in [6, 6.07) is 7.94. The zero-order chi connectivity index (χ0) is 33.9. The molecule has 2 fully saturated rings. The number of carboxylic acids is 1. The van der Waals surface area contributed by atoms with Gasteiger partial charge in [0.1, 0.15) is 12.1 Å². The monoisotopic (exact) mass is 740 g/mol. The molecule has 10 nitrogen and oxygen atoms in total. The number of anilines is 1. The average Bonchev–Trinajstić information content (AvgIpc) is 3.48. The van der Waals surface area contributed by atoms with Crippen molar-refractivity contribution in [3.05, 3.63) is 86.1 Å². The number of aromatic nitrogens is 1. The molecular formula is C32H32Cl4N4O6S. The molecule has 0 radical (unpaired) electrons. The lowest BCUT2D eigenvalue weighted by Gasteiger charge is -2.34. The Morgan fingerprint density at radius 1 is 0.915 bits per heavy atom. The number of halogens is 4. The number of pyridine rings is 1. The SMILES string of the molecule is O=C(Nc1ccc(C[C@H](NC(=O)[C@H]2[C@@H](C3CCCCC3)CCN2S(=O)(=O)c2cc(Cl)cc(Cl)c2)C(=O)O)cc1)c1c(Cl)cncc1Cl. The highest BCUT2D eigenvalue weighted by Crippen LogP contribution is 2.41. The van der Waals surface area contributed by atoms with Crippen molar-refractivity contribution in [2.24, 2.45) is 11.8 Å². The number of hydrogen-bond acceptors (Lipinski definition) is 6. The minimum absolute atomic E-state index is 0.0639. The zero-order valence-corrected chi connectivity index (χ0v) is 28.8. The van der Waals surface area contributed by atoms with Gasteiger partial charge in [0, 0.05) is 41.1 Å². The summed E-state index contributed by atoms with van der Waals surface area (Å²) in [5.41, 5.74) is 1.03. The average molecular weight is 743 g/mol. The van der Waals surface area contributed by atoms with Gasteiger partial charge in [0.15, 0.2) is 0 Å². The Labute approximate surface area is 292 Å². The minimum atomic E-state index is -4.20. The van der Waals surface area contributed by atoms with Crippen molar-refractivity contribution in [3.63, 3.8) is 0 Å². The van der Waals surface area contributed by atoms with Gasteiger partial charge in [-0.3, -0.25) is 14.6 Å². The van der Waals surface area contributed by atoms with E-state index in [4.69, 9.17) is 46.4 Å². The summed E-state index contributed by atoms with van der Waals surface area (Å²) in [6.07, 6.45) is 7.79. The van der Waals surface area contributed by atoms with Crippen molar-refractivity contribution in [2.75, 3.05) is 11.9 Å². The summed E-state index contributed by atoms with van der Waals surface area (Å²) in [5.74, 6) is -2.64. The fraction of sp³-hybridized carbons (Fsp3) is 0.375. The highest BCUT2D eigenvalue weighted by atomic mass is 35.5. The summed E-state index contributed by atoms with van der Waals surface area (Å²) >= 11 is 24.4. The fourth-order valence-corrected chi connectivity index (χ4v) is 9.40. The van der Waals surface area contributed by atoms with E-state index in [2.05, 4.69) is 15.6 Å². The number of rotatable bonds is 10. The normalized spacial score (nSPS) is 19.7. The molecule has 47 heavy (non-hydrogen) atoms. The Morgan fingerprint density at radius 2 is 1.53 bits per heavy atom. The molecule has 15 heteroatoms. The maximum Gasteiger partial charge on any atom is 0.326 e. The third-order valence-electron chi connectivity index (χ3n) is 8.71. The van der Waals surface area contributed by atoms with E-state index in [9.17, 15) is 27.9 Å². The van der Waals surface area contributed by atoms with Gasteiger partial charge in [0.05, 0.1) is 20.5 Å². The highest BCUT2D eigenvalue weighted by Gasteiger charge is 2.49. The van der Waals surface area contributed by atoms with Crippen molar-refractivity contribution >= 4 is 79.9 Å². The zero-order valence-electron chi connectivity index (χ0n) is 25.0. The predicted molar refractivity (Wildman–Crippen MR) is 181 cm³/mol. The van der Waals surface area contributed by atoms with Crippen LogP contribution < -0.4 is 10.6 Å². The molecule has 2 heterocycles. The second-order valence-corrected chi connectivity index (χ2v) is 15.3. The van der Waals surface area contributed by atoms with Crippen LogP contribution in [0.2, 0.25) is 20.1 Å². The molecule has 0 spiro atoms. The number of nitrogens with zero attached hydrogens (tertiary/aromatic N) is 2. The van der Waals surface area contributed by atoms with E-state index in [1.54, 1.807) is 24.3 Å². The number of carboxylic acid groups (broad SMARTS) is 1. The largest absolute Gasteiger partial charge is 0.480 e. The molecule has 1 saturated heterocycles. The summed E-state index contributed by atoms with van der Waals surface area (Å²) in [4.78, 5) is 42.8. The van der Waals surface area contributed by atoms with Crippen LogP contribution in [0.5, 0.6) is 0 Å². The van der Waals surface area contributed by atoms with Gasteiger partial charge in [-0.25, -0.2) is 13.2 Å². The third kappa shape index (κ3) is 8.21. The molecule has 3 N–H and O–H groups in total. The van der Waals surface area contributed by atoms with Crippen LogP contribution in [0.25, 0.3) is 0 Å². The standard InChI is InChI=1S/C32H32Cl4N4O6S/c33-20-13-21(34)15-23(14-20)47(45,46)40-11-10-24(19-4-2-1-3-5-19)29(40)31(42)39-27(32(43)44)12-18-6-8-22(9-7-18)38-30(41)28-25(35)16-37-17-26(28)36/h6-9,13-17,19,24,27,29H,1-5,10-12H2,(H,38,41)(H,39,42)(H,43,44)/t24-,27+,29-/m1/s1. The Hall–Kier alpha value is -2.93. The second-order valence-electron chi connectivity index (χ2n) is 11.7. The number of carbonyl (C=O) groups is 3. The van der Waals surface area contributed by atoms with Crippen LogP contribution in [0.1, 0.15) is 54.4 Å². The molecule has 250 valence electrons. The van der Waals surface area contributed by atoms with E-state index in [0.717, 1.165) is 32.1 Å². The van der Waals surface area contributed by atoms with Crippen LogP contribution in [0.15, 0.2) is 59.8 Å². The topological polar surface area (TPSA) is 146 Å². The van der Waals surface area contributed by atoms with Crippen LogP contribution in [-0.4, -0.2) is 59.2 Å². The molecule has 0 unspecified atom stereocenters.